The first-order valence-electron chi connectivity index (χ1n) is 8.14. The van der Waals surface area contributed by atoms with E-state index in [4.69, 9.17) is 0 Å². The summed E-state index contributed by atoms with van der Waals surface area (Å²) >= 11 is 0. The van der Waals surface area contributed by atoms with E-state index in [2.05, 4.69) is 36.5 Å². The molecule has 21 heavy (non-hydrogen) atoms. The van der Waals surface area contributed by atoms with Gasteiger partial charge in [0, 0.05) is 57.9 Å². The van der Waals surface area contributed by atoms with Crippen LogP contribution in [0.15, 0.2) is 12.4 Å². The van der Waals surface area contributed by atoms with Gasteiger partial charge in [-0.15, -0.1) is 0 Å². The molecule has 6 heteroatoms. The summed E-state index contributed by atoms with van der Waals surface area (Å²) in [4.78, 5) is 13.8. The summed E-state index contributed by atoms with van der Waals surface area (Å²) < 4.78 is 0. The van der Waals surface area contributed by atoms with Gasteiger partial charge >= 0.3 is 0 Å². The molecule has 3 aliphatic rings. The Morgan fingerprint density at radius 2 is 1.95 bits per heavy atom. The first-order chi connectivity index (χ1) is 10.4. The highest BCUT2D eigenvalue weighted by Gasteiger charge is 2.28. The predicted octanol–water partition coefficient (Wildman–Crippen LogP) is 0.392. The molecular weight excluding hydrogens is 264 g/mol. The lowest BCUT2D eigenvalue weighted by Crippen LogP contribution is -2.61. The number of hydrogen-bond donors (Lipinski definition) is 2. The van der Waals surface area contributed by atoms with E-state index < -0.39 is 0 Å². The largest absolute Gasteiger partial charge is 0.370 e. The molecule has 0 bridgehead atoms. The topological polar surface area (TPSA) is 56.3 Å². The Labute approximate surface area is 125 Å². The van der Waals surface area contributed by atoms with Crippen LogP contribution in [0.25, 0.3) is 0 Å². The molecule has 0 atom stereocenters. The second-order valence-electron chi connectivity index (χ2n) is 6.42. The minimum absolute atomic E-state index is 0.758. The lowest BCUT2D eigenvalue weighted by molar-refractivity contribution is 0.137. The molecule has 1 aromatic heterocycles. The minimum atomic E-state index is 0.758. The van der Waals surface area contributed by atoms with Crippen molar-refractivity contribution >= 4 is 11.6 Å². The number of nitrogens with zero attached hydrogens (tertiary/aromatic N) is 4. The van der Waals surface area contributed by atoms with Gasteiger partial charge in [0.2, 0.25) is 0 Å². The monoisotopic (exact) mass is 288 g/mol. The van der Waals surface area contributed by atoms with E-state index in [0.29, 0.717) is 0 Å². The van der Waals surface area contributed by atoms with Gasteiger partial charge < -0.3 is 15.5 Å². The van der Waals surface area contributed by atoms with Crippen LogP contribution in [0, 0.1) is 5.92 Å². The summed E-state index contributed by atoms with van der Waals surface area (Å²) in [7, 11) is 0. The van der Waals surface area contributed by atoms with Crippen molar-refractivity contribution in [1.29, 1.82) is 0 Å². The summed E-state index contributed by atoms with van der Waals surface area (Å²) in [5.41, 5.74) is 0. The van der Waals surface area contributed by atoms with E-state index in [1.165, 1.54) is 12.8 Å². The van der Waals surface area contributed by atoms with Gasteiger partial charge in [0.1, 0.15) is 18.0 Å². The van der Waals surface area contributed by atoms with Crippen molar-refractivity contribution in [2.24, 2.45) is 5.92 Å². The molecule has 1 aromatic rings. The van der Waals surface area contributed by atoms with Crippen LogP contribution < -0.4 is 15.5 Å². The molecule has 6 nitrogen and oxygen atoms in total. The summed E-state index contributed by atoms with van der Waals surface area (Å²) in [6, 6.07) is 2.86. The predicted molar refractivity (Wildman–Crippen MR) is 83.7 cm³/mol. The van der Waals surface area contributed by atoms with Gasteiger partial charge in [-0.25, -0.2) is 9.97 Å². The van der Waals surface area contributed by atoms with E-state index in [1.807, 2.05) is 0 Å². The van der Waals surface area contributed by atoms with Crippen molar-refractivity contribution in [2.75, 3.05) is 56.0 Å². The quantitative estimate of drug-likeness (QED) is 0.817. The molecule has 1 saturated carbocycles. The molecule has 0 amide bonds. The first kappa shape index (κ1) is 13.3. The zero-order valence-corrected chi connectivity index (χ0v) is 12.5. The number of piperazine rings is 1. The van der Waals surface area contributed by atoms with Crippen LogP contribution in [0.3, 0.4) is 0 Å². The van der Waals surface area contributed by atoms with Gasteiger partial charge in [0.25, 0.3) is 0 Å². The second kappa shape index (κ2) is 5.77. The molecule has 3 fully saturated rings. The highest BCUT2D eigenvalue weighted by Crippen LogP contribution is 2.29. The molecule has 2 aliphatic heterocycles. The molecule has 2 saturated heterocycles. The van der Waals surface area contributed by atoms with Gasteiger partial charge in [0.05, 0.1) is 0 Å². The highest BCUT2D eigenvalue weighted by atomic mass is 15.3. The molecule has 114 valence electrons. The van der Waals surface area contributed by atoms with Crippen LogP contribution in [0.4, 0.5) is 11.6 Å². The normalized spacial score (nSPS) is 23.9. The van der Waals surface area contributed by atoms with E-state index in [1.54, 1.807) is 6.33 Å². The third kappa shape index (κ3) is 3.11. The molecule has 0 spiro atoms. The van der Waals surface area contributed by atoms with Crippen LogP contribution >= 0.6 is 0 Å². The molecular formula is C15H24N6. The van der Waals surface area contributed by atoms with Crippen LogP contribution in [0.1, 0.15) is 12.8 Å². The molecule has 0 aromatic carbocycles. The summed E-state index contributed by atoms with van der Waals surface area (Å²) in [6.07, 6.45) is 4.42. The average molecular weight is 288 g/mol. The van der Waals surface area contributed by atoms with Gasteiger partial charge in [-0.1, -0.05) is 0 Å². The Kier molecular flexibility index (Phi) is 3.65. The molecule has 1 aliphatic carbocycles. The van der Waals surface area contributed by atoms with Crippen LogP contribution in [-0.4, -0.2) is 66.7 Å². The number of rotatable bonds is 5. The van der Waals surface area contributed by atoms with Gasteiger partial charge in [-0.3, -0.25) is 4.90 Å². The fraction of sp³-hybridized carbons (Fsp3) is 0.733. The standard InChI is InChI=1S/C15H24N6/c1-2-12(1)8-17-14-7-15(19-11-18-14)21-5-3-20(4-6-21)13-9-16-10-13/h7,11-13,16H,1-6,8-10H2,(H,17,18,19). The van der Waals surface area contributed by atoms with Crippen LogP contribution in [0.5, 0.6) is 0 Å². The van der Waals surface area contributed by atoms with Crippen molar-refractivity contribution in [3.05, 3.63) is 12.4 Å². The summed E-state index contributed by atoms with van der Waals surface area (Å²) in [6.45, 7) is 7.78. The Hall–Kier alpha value is -1.40. The van der Waals surface area contributed by atoms with E-state index in [0.717, 1.165) is 69.4 Å². The fourth-order valence-corrected chi connectivity index (χ4v) is 3.04. The number of anilines is 2. The van der Waals surface area contributed by atoms with Gasteiger partial charge in [-0.2, -0.15) is 0 Å². The van der Waals surface area contributed by atoms with Gasteiger partial charge in [-0.05, 0) is 18.8 Å². The zero-order valence-electron chi connectivity index (χ0n) is 12.5. The Balaban J connectivity index is 1.33. The van der Waals surface area contributed by atoms with Crippen LogP contribution in [0.2, 0.25) is 0 Å². The maximum atomic E-state index is 4.45. The minimum Gasteiger partial charge on any atom is -0.370 e. The maximum Gasteiger partial charge on any atom is 0.134 e. The van der Waals surface area contributed by atoms with E-state index in [-0.39, 0.29) is 0 Å². The maximum absolute atomic E-state index is 4.45. The van der Waals surface area contributed by atoms with Crippen molar-refractivity contribution < 1.29 is 0 Å². The van der Waals surface area contributed by atoms with Crippen LogP contribution in [-0.2, 0) is 0 Å². The lowest BCUT2D eigenvalue weighted by atomic mass is 10.1. The second-order valence-corrected chi connectivity index (χ2v) is 6.42. The smallest absolute Gasteiger partial charge is 0.134 e. The number of hydrogen-bond acceptors (Lipinski definition) is 6. The van der Waals surface area contributed by atoms with Crippen molar-refractivity contribution in [3.63, 3.8) is 0 Å². The third-order valence-corrected chi connectivity index (χ3v) is 4.84. The molecule has 4 rings (SSSR count). The fourth-order valence-electron chi connectivity index (χ4n) is 3.04. The molecule has 3 heterocycles. The summed E-state index contributed by atoms with van der Waals surface area (Å²) in [5, 5.41) is 6.79. The van der Waals surface area contributed by atoms with Gasteiger partial charge in [0.15, 0.2) is 0 Å². The third-order valence-electron chi connectivity index (χ3n) is 4.84. The van der Waals surface area contributed by atoms with Crippen molar-refractivity contribution in [1.82, 2.24) is 20.2 Å². The van der Waals surface area contributed by atoms with E-state index in [9.17, 15) is 0 Å². The Morgan fingerprint density at radius 3 is 2.62 bits per heavy atom. The average Bonchev–Trinajstić information content (AvgIpc) is 3.29. The first-order valence-corrected chi connectivity index (χ1v) is 8.14. The summed E-state index contributed by atoms with van der Waals surface area (Å²) in [5.74, 6) is 2.90. The molecule has 2 N–H and O–H groups in total. The van der Waals surface area contributed by atoms with Crippen molar-refractivity contribution in [3.8, 4) is 0 Å². The molecule has 0 radical (unpaired) electrons. The zero-order chi connectivity index (χ0) is 14.1. The molecule has 0 unspecified atom stereocenters. The number of nitrogens with one attached hydrogen (secondary N) is 2. The SMILES string of the molecule is c1nc(NCC2CC2)cc(N2CCN(C3CNC3)CC2)n1. The number of aromatic nitrogens is 2. The van der Waals surface area contributed by atoms with E-state index >= 15 is 0 Å². The highest BCUT2D eigenvalue weighted by molar-refractivity contribution is 5.48. The lowest BCUT2D eigenvalue weighted by Gasteiger charge is -2.43. The van der Waals surface area contributed by atoms with Crippen molar-refractivity contribution in [2.45, 2.75) is 18.9 Å². The Bertz CT molecular complexity index is 477. The Morgan fingerprint density at radius 1 is 1.14 bits per heavy atom.